The highest BCUT2D eigenvalue weighted by Crippen LogP contribution is 2.43. The largest absolute Gasteiger partial charge is 0.268 e. The van der Waals surface area contributed by atoms with Crippen molar-refractivity contribution in [3.05, 3.63) is 65.9 Å². The van der Waals surface area contributed by atoms with Crippen molar-refractivity contribution in [3.8, 4) is 0 Å². The van der Waals surface area contributed by atoms with Crippen LogP contribution in [-0.4, -0.2) is 12.4 Å². The number of hydrogen-bond donors (Lipinski definition) is 0. The summed E-state index contributed by atoms with van der Waals surface area (Å²) < 4.78 is 27.2. The minimum atomic E-state index is -3.54. The molecule has 0 radical (unpaired) electrons. The Bertz CT molecular complexity index is 948. The number of fused-ring (bicyclic) bond motifs is 1. The molecule has 1 heterocycles. The summed E-state index contributed by atoms with van der Waals surface area (Å²) in [4.78, 5) is 0.326. The lowest BCUT2D eigenvalue weighted by Gasteiger charge is -2.09. The van der Waals surface area contributed by atoms with E-state index in [1.165, 1.54) is 22.4 Å². The first kappa shape index (κ1) is 13.6. The molecule has 0 spiro atoms. The molecule has 1 aliphatic rings. The Morgan fingerprint density at radius 3 is 2.41 bits per heavy atom. The summed E-state index contributed by atoms with van der Waals surface area (Å²) in [6, 6.07) is 14.9. The summed E-state index contributed by atoms with van der Waals surface area (Å²) in [6.07, 6.45) is 4.08. The minimum absolute atomic E-state index is 0.326. The Morgan fingerprint density at radius 1 is 1.00 bits per heavy atom. The lowest BCUT2D eigenvalue weighted by molar-refractivity contribution is 0.589. The van der Waals surface area contributed by atoms with Crippen LogP contribution in [0.1, 0.15) is 29.9 Å². The number of benzene rings is 2. The fourth-order valence-electron chi connectivity index (χ4n) is 2.95. The van der Waals surface area contributed by atoms with Crippen molar-refractivity contribution in [3.63, 3.8) is 0 Å². The van der Waals surface area contributed by atoms with E-state index in [1.807, 2.05) is 37.3 Å². The van der Waals surface area contributed by atoms with Crippen molar-refractivity contribution in [1.82, 2.24) is 3.97 Å². The van der Waals surface area contributed by atoms with Gasteiger partial charge in [-0.3, -0.25) is 0 Å². The molecule has 2 aromatic carbocycles. The van der Waals surface area contributed by atoms with Crippen molar-refractivity contribution in [1.29, 1.82) is 0 Å². The predicted octanol–water partition coefficient (Wildman–Crippen LogP) is 4.06. The highest BCUT2D eigenvalue weighted by atomic mass is 32.2. The van der Waals surface area contributed by atoms with Gasteiger partial charge in [0.15, 0.2) is 0 Å². The number of aryl methyl sites for hydroxylation is 1. The second kappa shape index (κ2) is 4.71. The maximum atomic E-state index is 12.9. The molecule has 0 bridgehead atoms. The molecule has 3 nitrogen and oxygen atoms in total. The molecule has 0 saturated heterocycles. The SMILES string of the molecule is Cc1ccc(S(=O)(=O)n2ccc3c(C4CC4)cccc32)cc1. The Morgan fingerprint density at radius 2 is 1.73 bits per heavy atom. The van der Waals surface area contributed by atoms with Gasteiger partial charge >= 0.3 is 0 Å². The van der Waals surface area contributed by atoms with Gasteiger partial charge in [0.05, 0.1) is 10.4 Å². The zero-order valence-corrected chi connectivity index (χ0v) is 13.2. The van der Waals surface area contributed by atoms with Crippen LogP contribution in [0.5, 0.6) is 0 Å². The van der Waals surface area contributed by atoms with E-state index < -0.39 is 10.0 Å². The maximum absolute atomic E-state index is 12.9. The molecular formula is C18H17NO2S. The van der Waals surface area contributed by atoms with Crippen LogP contribution in [0.15, 0.2) is 59.6 Å². The predicted molar refractivity (Wildman–Crippen MR) is 87.7 cm³/mol. The van der Waals surface area contributed by atoms with Gasteiger partial charge in [0, 0.05) is 11.6 Å². The summed E-state index contributed by atoms with van der Waals surface area (Å²) in [6.45, 7) is 1.95. The number of hydrogen-bond acceptors (Lipinski definition) is 2. The van der Waals surface area contributed by atoms with Gasteiger partial charge in [-0.1, -0.05) is 29.8 Å². The number of aromatic nitrogens is 1. The van der Waals surface area contributed by atoms with E-state index in [9.17, 15) is 8.42 Å². The van der Waals surface area contributed by atoms with Gasteiger partial charge in [0.2, 0.25) is 0 Å². The van der Waals surface area contributed by atoms with Crippen molar-refractivity contribution < 1.29 is 8.42 Å². The lowest BCUT2D eigenvalue weighted by atomic mass is 10.1. The molecule has 0 amide bonds. The molecule has 0 unspecified atom stereocenters. The monoisotopic (exact) mass is 311 g/mol. The normalized spacial score (nSPS) is 15.3. The van der Waals surface area contributed by atoms with Crippen LogP contribution in [0, 0.1) is 6.92 Å². The van der Waals surface area contributed by atoms with Crippen LogP contribution in [0.25, 0.3) is 10.9 Å². The van der Waals surface area contributed by atoms with Gasteiger partial charge in [0.1, 0.15) is 0 Å². The van der Waals surface area contributed by atoms with Crippen molar-refractivity contribution in [2.24, 2.45) is 0 Å². The molecule has 4 heteroatoms. The average Bonchev–Trinajstić information content (AvgIpc) is 3.25. The van der Waals surface area contributed by atoms with Crippen molar-refractivity contribution in [2.75, 3.05) is 0 Å². The van der Waals surface area contributed by atoms with Crippen LogP contribution < -0.4 is 0 Å². The molecule has 22 heavy (non-hydrogen) atoms. The van der Waals surface area contributed by atoms with Crippen LogP contribution in [-0.2, 0) is 10.0 Å². The van der Waals surface area contributed by atoms with Crippen LogP contribution in [0.2, 0.25) is 0 Å². The molecule has 1 saturated carbocycles. The van der Waals surface area contributed by atoms with Crippen molar-refractivity contribution >= 4 is 20.9 Å². The molecule has 4 rings (SSSR count). The third-order valence-corrected chi connectivity index (χ3v) is 6.03. The summed E-state index contributed by atoms with van der Waals surface area (Å²) >= 11 is 0. The van der Waals surface area contributed by atoms with Gasteiger partial charge < -0.3 is 0 Å². The third-order valence-electron chi connectivity index (χ3n) is 4.33. The summed E-state index contributed by atoms with van der Waals surface area (Å²) in [5, 5.41) is 1.06. The summed E-state index contributed by atoms with van der Waals surface area (Å²) in [5.74, 6) is 0.599. The molecule has 1 aromatic heterocycles. The number of rotatable bonds is 3. The molecule has 0 N–H and O–H groups in total. The highest BCUT2D eigenvalue weighted by molar-refractivity contribution is 7.90. The number of nitrogens with zero attached hydrogens (tertiary/aromatic N) is 1. The second-order valence-corrected chi connectivity index (χ2v) is 7.80. The molecule has 1 fully saturated rings. The van der Waals surface area contributed by atoms with Gasteiger partial charge in [0.25, 0.3) is 10.0 Å². The fourth-order valence-corrected chi connectivity index (χ4v) is 4.30. The van der Waals surface area contributed by atoms with E-state index in [0.717, 1.165) is 16.5 Å². The Balaban J connectivity index is 1.90. The highest BCUT2D eigenvalue weighted by Gasteiger charge is 2.27. The van der Waals surface area contributed by atoms with Crippen LogP contribution in [0.4, 0.5) is 0 Å². The first-order chi connectivity index (χ1) is 10.6. The second-order valence-electron chi connectivity index (χ2n) is 5.98. The van der Waals surface area contributed by atoms with Crippen molar-refractivity contribution in [2.45, 2.75) is 30.6 Å². The smallest absolute Gasteiger partial charge is 0.241 e. The zero-order valence-electron chi connectivity index (χ0n) is 12.4. The fraction of sp³-hybridized carbons (Fsp3) is 0.222. The van der Waals surface area contributed by atoms with Gasteiger partial charge in [-0.15, -0.1) is 0 Å². The first-order valence-electron chi connectivity index (χ1n) is 7.49. The van der Waals surface area contributed by atoms with E-state index in [4.69, 9.17) is 0 Å². The zero-order chi connectivity index (χ0) is 15.3. The van der Waals surface area contributed by atoms with Gasteiger partial charge in [-0.05, 0) is 55.5 Å². The van der Waals surface area contributed by atoms with Crippen LogP contribution >= 0.6 is 0 Å². The van der Waals surface area contributed by atoms with E-state index >= 15 is 0 Å². The molecule has 0 aliphatic heterocycles. The summed E-state index contributed by atoms with van der Waals surface area (Å²) in [7, 11) is -3.54. The Labute approximate surface area is 130 Å². The van der Waals surface area contributed by atoms with E-state index in [2.05, 4.69) is 6.07 Å². The molecular weight excluding hydrogens is 294 g/mol. The maximum Gasteiger partial charge on any atom is 0.268 e. The quantitative estimate of drug-likeness (QED) is 0.731. The van der Waals surface area contributed by atoms with Gasteiger partial charge in [-0.25, -0.2) is 12.4 Å². The lowest BCUT2D eigenvalue weighted by Crippen LogP contribution is -2.11. The average molecular weight is 311 g/mol. The van der Waals surface area contributed by atoms with E-state index in [1.54, 1.807) is 18.3 Å². The van der Waals surface area contributed by atoms with E-state index in [0.29, 0.717) is 10.8 Å². The molecule has 3 aromatic rings. The molecule has 112 valence electrons. The standard InChI is InChI=1S/C18H17NO2S/c1-13-5-9-15(10-6-13)22(20,21)19-12-11-17-16(14-7-8-14)3-2-4-18(17)19/h2-6,9-12,14H,7-8H2,1H3. The molecule has 0 atom stereocenters. The van der Waals surface area contributed by atoms with Crippen LogP contribution in [0.3, 0.4) is 0 Å². The Kier molecular flexibility index (Phi) is 2.91. The first-order valence-corrected chi connectivity index (χ1v) is 8.93. The topological polar surface area (TPSA) is 39.1 Å². The summed E-state index contributed by atoms with van der Waals surface area (Å²) in [5.41, 5.74) is 3.09. The van der Waals surface area contributed by atoms with E-state index in [-0.39, 0.29) is 0 Å². The minimum Gasteiger partial charge on any atom is -0.241 e. The van der Waals surface area contributed by atoms with Gasteiger partial charge in [-0.2, -0.15) is 0 Å². The molecule has 1 aliphatic carbocycles. The third kappa shape index (κ3) is 2.06. The Hall–Kier alpha value is -2.07.